The average Bonchev–Trinajstić information content (AvgIpc) is 2.72. The minimum absolute atomic E-state index is 0.0785. The SMILES string of the molecule is C=C(C(Cc1ccccc1)C(=O)OCC)[P+](CCCC)(CCCC)CCCC. The predicted molar refractivity (Wildman–Crippen MR) is 126 cm³/mol. The number of ether oxygens (including phenoxy) is 1. The molecule has 0 saturated heterocycles. The maximum atomic E-state index is 13.0. The minimum atomic E-state index is -1.40. The molecule has 0 aliphatic heterocycles. The van der Waals surface area contributed by atoms with Crippen LogP contribution in [0.4, 0.5) is 0 Å². The first kappa shape index (κ1) is 24.9. The van der Waals surface area contributed by atoms with Crippen molar-refractivity contribution in [3.05, 3.63) is 47.8 Å². The first-order valence-corrected chi connectivity index (χ1v) is 13.6. The van der Waals surface area contributed by atoms with Gasteiger partial charge in [0.1, 0.15) is 5.92 Å². The fourth-order valence-corrected chi connectivity index (χ4v) is 9.06. The largest absolute Gasteiger partial charge is 0.465 e. The molecule has 1 aromatic rings. The normalized spacial score (nSPS) is 12.6. The zero-order chi connectivity index (χ0) is 20.8. The molecular weight excluding hydrogens is 363 g/mol. The summed E-state index contributed by atoms with van der Waals surface area (Å²) in [5, 5.41) is 1.23. The summed E-state index contributed by atoms with van der Waals surface area (Å²) in [4.78, 5) is 13.0. The van der Waals surface area contributed by atoms with Gasteiger partial charge < -0.3 is 4.74 Å². The molecule has 0 saturated carbocycles. The van der Waals surface area contributed by atoms with Crippen LogP contribution in [0, 0.1) is 5.92 Å². The topological polar surface area (TPSA) is 26.3 Å². The van der Waals surface area contributed by atoms with Crippen molar-refractivity contribution in [3.8, 4) is 0 Å². The Hall–Kier alpha value is -1.14. The highest BCUT2D eigenvalue weighted by Crippen LogP contribution is 2.69. The van der Waals surface area contributed by atoms with E-state index in [1.54, 1.807) is 0 Å². The van der Waals surface area contributed by atoms with Crippen molar-refractivity contribution in [2.45, 2.75) is 72.6 Å². The second-order valence-electron chi connectivity index (χ2n) is 7.86. The van der Waals surface area contributed by atoms with Crippen LogP contribution >= 0.6 is 7.26 Å². The van der Waals surface area contributed by atoms with Crippen molar-refractivity contribution in [1.29, 1.82) is 0 Å². The third kappa shape index (κ3) is 7.70. The Balaban J connectivity index is 3.24. The Labute approximate surface area is 174 Å². The van der Waals surface area contributed by atoms with Crippen LogP contribution in [-0.2, 0) is 16.0 Å². The molecule has 0 spiro atoms. The van der Waals surface area contributed by atoms with Crippen molar-refractivity contribution < 1.29 is 9.53 Å². The summed E-state index contributed by atoms with van der Waals surface area (Å²) in [5.74, 6) is -0.286. The van der Waals surface area contributed by atoms with Gasteiger partial charge in [0.25, 0.3) is 0 Å². The molecule has 0 fully saturated rings. The van der Waals surface area contributed by atoms with E-state index in [2.05, 4.69) is 39.5 Å². The molecule has 1 atom stereocenters. The van der Waals surface area contributed by atoms with Crippen LogP contribution in [0.1, 0.15) is 71.8 Å². The lowest BCUT2D eigenvalue weighted by Gasteiger charge is -2.32. The van der Waals surface area contributed by atoms with Gasteiger partial charge in [-0.25, -0.2) is 0 Å². The second-order valence-corrected chi connectivity index (χ2v) is 12.1. The maximum Gasteiger partial charge on any atom is 0.317 e. The molecule has 1 aromatic carbocycles. The monoisotopic (exact) mass is 405 g/mol. The number of hydrogen-bond donors (Lipinski definition) is 0. The summed E-state index contributed by atoms with van der Waals surface area (Å²) in [6, 6.07) is 10.4. The van der Waals surface area contributed by atoms with Gasteiger partial charge in [-0.05, 0) is 38.2 Å². The van der Waals surface area contributed by atoms with E-state index in [9.17, 15) is 4.79 Å². The Morgan fingerprint density at radius 1 is 0.929 bits per heavy atom. The lowest BCUT2D eigenvalue weighted by Crippen LogP contribution is -2.26. The Kier molecular flexibility index (Phi) is 12.4. The molecule has 0 aromatic heterocycles. The molecule has 3 heteroatoms. The van der Waals surface area contributed by atoms with E-state index >= 15 is 0 Å². The van der Waals surface area contributed by atoms with E-state index in [1.165, 1.54) is 67.9 Å². The van der Waals surface area contributed by atoms with Crippen molar-refractivity contribution in [2.24, 2.45) is 5.92 Å². The Bertz CT molecular complexity index is 545. The highest BCUT2D eigenvalue weighted by molar-refractivity contribution is 7.79. The maximum absolute atomic E-state index is 13.0. The van der Waals surface area contributed by atoms with Crippen LogP contribution in [0.15, 0.2) is 42.2 Å². The molecule has 0 bridgehead atoms. The van der Waals surface area contributed by atoms with Crippen molar-refractivity contribution in [1.82, 2.24) is 0 Å². The van der Waals surface area contributed by atoms with Gasteiger partial charge in [0.15, 0.2) is 0 Å². The van der Waals surface area contributed by atoms with Crippen LogP contribution in [0.5, 0.6) is 0 Å². The van der Waals surface area contributed by atoms with E-state index < -0.39 is 7.26 Å². The van der Waals surface area contributed by atoms with Gasteiger partial charge in [-0.1, -0.05) is 76.9 Å². The number of esters is 1. The standard InChI is InChI=1S/C25H42O2P/c1-6-10-18-28(19-11-7-2,20-12-8-3)22(5)24(25(26)27-9-4)21-23-16-14-13-15-17-23/h13-17,24H,5-12,18-21H2,1-4H3/q+1. The third-order valence-electron chi connectivity index (χ3n) is 5.68. The smallest absolute Gasteiger partial charge is 0.317 e. The lowest BCUT2D eigenvalue weighted by molar-refractivity contribution is -0.146. The van der Waals surface area contributed by atoms with Crippen LogP contribution in [0.2, 0.25) is 0 Å². The summed E-state index contributed by atoms with van der Waals surface area (Å²) in [6.45, 7) is 13.8. The van der Waals surface area contributed by atoms with Crippen LogP contribution < -0.4 is 0 Å². The fraction of sp³-hybridized carbons (Fsp3) is 0.640. The third-order valence-corrected chi connectivity index (χ3v) is 10.7. The van der Waals surface area contributed by atoms with Gasteiger partial charge in [0, 0.05) is 7.26 Å². The molecule has 1 unspecified atom stereocenters. The van der Waals surface area contributed by atoms with E-state index in [0.717, 1.165) is 0 Å². The first-order valence-electron chi connectivity index (χ1n) is 11.3. The minimum Gasteiger partial charge on any atom is -0.465 e. The van der Waals surface area contributed by atoms with Gasteiger partial charge in [-0.2, -0.15) is 0 Å². The highest BCUT2D eigenvalue weighted by atomic mass is 31.2. The van der Waals surface area contributed by atoms with E-state index in [-0.39, 0.29) is 11.9 Å². The summed E-state index contributed by atoms with van der Waals surface area (Å²) < 4.78 is 5.52. The summed E-state index contributed by atoms with van der Waals surface area (Å²) in [6.07, 6.45) is 11.8. The second kappa shape index (κ2) is 13.9. The van der Waals surface area contributed by atoms with Crippen molar-refractivity contribution in [3.63, 3.8) is 0 Å². The Morgan fingerprint density at radius 3 is 1.86 bits per heavy atom. The van der Waals surface area contributed by atoms with Crippen molar-refractivity contribution >= 4 is 13.2 Å². The molecular formula is C25H42O2P+. The predicted octanol–water partition coefficient (Wildman–Crippen LogP) is 7.34. The molecule has 0 aliphatic carbocycles. The summed E-state index contributed by atoms with van der Waals surface area (Å²) in [7, 11) is -1.40. The van der Waals surface area contributed by atoms with E-state index in [4.69, 9.17) is 4.74 Å². The number of unbranched alkanes of at least 4 members (excludes halogenated alkanes) is 3. The van der Waals surface area contributed by atoms with Gasteiger partial charge >= 0.3 is 5.97 Å². The van der Waals surface area contributed by atoms with Crippen LogP contribution in [0.25, 0.3) is 0 Å². The van der Waals surface area contributed by atoms with Gasteiger partial charge in [-0.15, -0.1) is 0 Å². The zero-order valence-electron chi connectivity index (χ0n) is 18.7. The van der Waals surface area contributed by atoms with E-state index in [0.29, 0.717) is 13.0 Å². The van der Waals surface area contributed by atoms with E-state index in [1.807, 2.05) is 25.1 Å². The van der Waals surface area contributed by atoms with Crippen LogP contribution in [0.3, 0.4) is 0 Å². The quantitative estimate of drug-likeness (QED) is 0.225. The molecule has 1 rings (SSSR count). The highest BCUT2D eigenvalue weighted by Gasteiger charge is 2.45. The number of carbonyl (C=O) groups excluding carboxylic acids is 1. The summed E-state index contributed by atoms with van der Waals surface area (Å²) >= 11 is 0. The number of benzene rings is 1. The molecule has 0 amide bonds. The molecule has 0 N–H and O–H groups in total. The van der Waals surface area contributed by atoms with Crippen LogP contribution in [-0.4, -0.2) is 31.1 Å². The number of hydrogen-bond acceptors (Lipinski definition) is 2. The number of carbonyl (C=O) groups is 1. The Morgan fingerprint density at radius 2 is 1.43 bits per heavy atom. The van der Waals surface area contributed by atoms with Gasteiger partial charge in [0.2, 0.25) is 0 Å². The molecule has 2 nitrogen and oxygen atoms in total. The zero-order valence-corrected chi connectivity index (χ0v) is 19.6. The number of rotatable bonds is 15. The fourth-order valence-electron chi connectivity index (χ4n) is 3.91. The average molecular weight is 406 g/mol. The molecule has 0 heterocycles. The van der Waals surface area contributed by atoms with Crippen molar-refractivity contribution in [2.75, 3.05) is 25.1 Å². The molecule has 0 aliphatic rings. The summed E-state index contributed by atoms with van der Waals surface area (Å²) in [5.41, 5.74) is 1.20. The molecule has 158 valence electrons. The lowest BCUT2D eigenvalue weighted by atomic mass is 9.99. The molecule has 28 heavy (non-hydrogen) atoms. The first-order chi connectivity index (χ1) is 13.5. The molecule has 0 radical (unpaired) electrons. The van der Waals surface area contributed by atoms with Gasteiger partial charge in [0.05, 0.1) is 30.4 Å². The van der Waals surface area contributed by atoms with Gasteiger partial charge in [-0.3, -0.25) is 4.79 Å².